The molecule has 1 saturated carbocycles. The van der Waals surface area contributed by atoms with Gasteiger partial charge in [-0.25, -0.2) is 9.67 Å². The van der Waals surface area contributed by atoms with E-state index in [9.17, 15) is 0 Å². The first kappa shape index (κ1) is 11.1. The molecule has 3 heterocycles. The maximum Gasteiger partial charge on any atom is 0.203 e. The second-order valence-corrected chi connectivity index (χ2v) is 5.42. The summed E-state index contributed by atoms with van der Waals surface area (Å²) in [5, 5.41) is 18.9. The van der Waals surface area contributed by atoms with E-state index in [1.54, 1.807) is 0 Å². The van der Waals surface area contributed by atoms with Crippen molar-refractivity contribution in [2.24, 2.45) is 0 Å². The molecule has 0 spiro atoms. The highest BCUT2D eigenvalue weighted by Crippen LogP contribution is 2.32. The summed E-state index contributed by atoms with van der Waals surface area (Å²) in [5.74, 6) is 2.22. The molecule has 1 aliphatic heterocycles. The topological polar surface area (TPSA) is 84.3 Å². The first-order valence-electron chi connectivity index (χ1n) is 6.95. The van der Waals surface area contributed by atoms with Crippen LogP contribution in [0.25, 0.3) is 11.5 Å². The van der Waals surface area contributed by atoms with Gasteiger partial charge in [-0.15, -0.1) is 5.10 Å². The van der Waals surface area contributed by atoms with E-state index in [-0.39, 0.29) is 0 Å². The number of nitrogens with one attached hydrogen (secondary N) is 2. The number of nitrogens with zero attached hydrogens (tertiary/aromatic N) is 5. The minimum absolute atomic E-state index is 0.425. The van der Waals surface area contributed by atoms with Crippen molar-refractivity contribution in [3.8, 4) is 11.5 Å². The van der Waals surface area contributed by atoms with Gasteiger partial charge in [-0.2, -0.15) is 5.10 Å². The molecule has 0 atom stereocenters. The largest absolute Gasteiger partial charge is 0.312 e. The van der Waals surface area contributed by atoms with E-state index in [0.29, 0.717) is 17.8 Å². The van der Waals surface area contributed by atoms with E-state index in [1.165, 1.54) is 25.7 Å². The average Bonchev–Trinajstić information content (AvgIpc) is 3.08. The van der Waals surface area contributed by atoms with Crippen molar-refractivity contribution in [2.45, 2.75) is 37.6 Å². The van der Waals surface area contributed by atoms with E-state index < -0.39 is 0 Å². The van der Waals surface area contributed by atoms with E-state index in [1.807, 2.05) is 10.9 Å². The Balaban J connectivity index is 1.56. The minimum Gasteiger partial charge on any atom is -0.312 e. The molecule has 2 fully saturated rings. The van der Waals surface area contributed by atoms with Gasteiger partial charge in [0.15, 0.2) is 5.69 Å². The molecular weight excluding hydrogens is 242 g/mol. The summed E-state index contributed by atoms with van der Waals surface area (Å²) in [6.45, 7) is 1.92. The molecule has 2 aliphatic rings. The van der Waals surface area contributed by atoms with Crippen LogP contribution in [0.4, 0.5) is 0 Å². The summed E-state index contributed by atoms with van der Waals surface area (Å²) in [7, 11) is 0. The van der Waals surface area contributed by atoms with Crippen molar-refractivity contribution in [2.75, 3.05) is 13.1 Å². The molecule has 2 aromatic rings. The lowest BCUT2D eigenvalue weighted by Gasteiger charge is -2.26. The van der Waals surface area contributed by atoms with Crippen LogP contribution in [0, 0.1) is 0 Å². The highest BCUT2D eigenvalue weighted by Gasteiger charge is 2.23. The van der Waals surface area contributed by atoms with Gasteiger partial charge < -0.3 is 5.32 Å². The van der Waals surface area contributed by atoms with Crippen LogP contribution >= 0.6 is 0 Å². The second kappa shape index (κ2) is 4.41. The fourth-order valence-corrected chi connectivity index (χ4v) is 2.79. The van der Waals surface area contributed by atoms with Crippen LogP contribution in [0.5, 0.6) is 0 Å². The van der Waals surface area contributed by atoms with Gasteiger partial charge in [0.1, 0.15) is 5.82 Å². The van der Waals surface area contributed by atoms with Crippen molar-refractivity contribution in [3.63, 3.8) is 0 Å². The molecule has 19 heavy (non-hydrogen) atoms. The normalized spacial score (nSPS) is 20.8. The fourth-order valence-electron chi connectivity index (χ4n) is 2.79. The van der Waals surface area contributed by atoms with Crippen molar-refractivity contribution in [3.05, 3.63) is 12.0 Å². The summed E-state index contributed by atoms with van der Waals surface area (Å²) in [6, 6.07) is 0.425. The molecule has 1 aliphatic carbocycles. The summed E-state index contributed by atoms with van der Waals surface area (Å²) < 4.78 is 1.90. The van der Waals surface area contributed by atoms with Gasteiger partial charge in [-0.3, -0.25) is 5.10 Å². The fraction of sp³-hybridized carbons (Fsp3) is 0.667. The molecule has 1 saturated heterocycles. The number of rotatable bonds is 3. The van der Waals surface area contributed by atoms with Crippen LogP contribution in [-0.4, -0.2) is 43.3 Å². The quantitative estimate of drug-likeness (QED) is 0.854. The summed E-state index contributed by atoms with van der Waals surface area (Å²) >= 11 is 0. The smallest absolute Gasteiger partial charge is 0.203 e. The Hall–Kier alpha value is -1.76. The second-order valence-electron chi connectivity index (χ2n) is 5.42. The van der Waals surface area contributed by atoms with Crippen molar-refractivity contribution >= 4 is 0 Å². The standard InChI is InChI=1S/C12H17N7/c1-2-4-8(3-1)11-14-12(17-16-11)10-7-19(18-15-10)9-5-13-6-9/h7-9,13H,1-6H2,(H,14,16,17). The molecule has 0 unspecified atom stereocenters. The van der Waals surface area contributed by atoms with E-state index in [2.05, 4.69) is 30.8 Å². The van der Waals surface area contributed by atoms with Crippen molar-refractivity contribution < 1.29 is 0 Å². The molecule has 7 heteroatoms. The van der Waals surface area contributed by atoms with E-state index >= 15 is 0 Å². The van der Waals surface area contributed by atoms with Crippen molar-refractivity contribution in [1.29, 1.82) is 0 Å². The van der Waals surface area contributed by atoms with Crippen LogP contribution in [0.15, 0.2) is 6.20 Å². The molecule has 0 bridgehead atoms. The van der Waals surface area contributed by atoms with E-state index in [4.69, 9.17) is 0 Å². The number of hydrogen-bond acceptors (Lipinski definition) is 5. The Bertz CT molecular complexity index is 562. The van der Waals surface area contributed by atoms with Gasteiger partial charge in [0.05, 0.1) is 12.2 Å². The number of aromatic nitrogens is 6. The zero-order valence-corrected chi connectivity index (χ0v) is 10.7. The van der Waals surface area contributed by atoms with Gasteiger partial charge in [-0.1, -0.05) is 18.1 Å². The summed E-state index contributed by atoms with van der Waals surface area (Å²) in [5.41, 5.74) is 0.757. The third kappa shape index (κ3) is 1.94. The molecule has 100 valence electrons. The minimum atomic E-state index is 0.425. The molecule has 0 amide bonds. The van der Waals surface area contributed by atoms with Crippen LogP contribution in [-0.2, 0) is 0 Å². The Morgan fingerprint density at radius 1 is 1.21 bits per heavy atom. The predicted molar refractivity (Wildman–Crippen MR) is 68.5 cm³/mol. The van der Waals surface area contributed by atoms with Crippen LogP contribution in [0.2, 0.25) is 0 Å². The first-order chi connectivity index (χ1) is 9.40. The molecule has 7 nitrogen and oxygen atoms in total. The third-order valence-corrected chi connectivity index (χ3v) is 4.12. The summed E-state index contributed by atoms with van der Waals surface area (Å²) in [4.78, 5) is 4.58. The molecular formula is C12H17N7. The molecule has 2 aromatic heterocycles. The lowest BCUT2D eigenvalue weighted by molar-refractivity contribution is 0.313. The molecule has 0 radical (unpaired) electrons. The highest BCUT2D eigenvalue weighted by atomic mass is 15.5. The molecule has 0 aromatic carbocycles. The Kier molecular flexibility index (Phi) is 2.58. The van der Waals surface area contributed by atoms with Crippen LogP contribution in [0.1, 0.15) is 43.5 Å². The van der Waals surface area contributed by atoms with Crippen molar-refractivity contribution in [1.82, 2.24) is 35.5 Å². The van der Waals surface area contributed by atoms with Gasteiger partial charge in [0.2, 0.25) is 5.82 Å². The molecule has 4 rings (SSSR count). The first-order valence-corrected chi connectivity index (χ1v) is 6.95. The third-order valence-electron chi connectivity index (χ3n) is 4.12. The number of hydrogen-bond donors (Lipinski definition) is 2. The van der Waals surface area contributed by atoms with Crippen LogP contribution < -0.4 is 5.32 Å². The van der Waals surface area contributed by atoms with Gasteiger partial charge in [0.25, 0.3) is 0 Å². The Labute approximate surface area is 110 Å². The Morgan fingerprint density at radius 3 is 2.79 bits per heavy atom. The van der Waals surface area contributed by atoms with Crippen LogP contribution in [0.3, 0.4) is 0 Å². The maximum absolute atomic E-state index is 4.58. The lowest BCUT2D eigenvalue weighted by Crippen LogP contribution is -2.43. The summed E-state index contributed by atoms with van der Waals surface area (Å²) in [6.07, 6.45) is 6.97. The SMILES string of the molecule is c1c(-c2n[nH]c(C3CCCC3)n2)nnn1C1CNC1. The van der Waals surface area contributed by atoms with E-state index in [0.717, 1.165) is 24.6 Å². The average molecular weight is 259 g/mol. The molecule has 2 N–H and O–H groups in total. The maximum atomic E-state index is 4.58. The van der Waals surface area contributed by atoms with Gasteiger partial charge >= 0.3 is 0 Å². The van der Waals surface area contributed by atoms with Gasteiger partial charge in [0, 0.05) is 19.0 Å². The Morgan fingerprint density at radius 2 is 2.05 bits per heavy atom. The predicted octanol–water partition coefficient (Wildman–Crippen LogP) is 0.865. The lowest BCUT2D eigenvalue weighted by atomic mass is 10.1. The zero-order chi connectivity index (χ0) is 12.7. The van der Waals surface area contributed by atoms with Gasteiger partial charge in [-0.05, 0) is 12.8 Å². The number of aromatic amines is 1. The highest BCUT2D eigenvalue weighted by molar-refractivity contribution is 5.46. The number of H-pyrrole nitrogens is 1. The zero-order valence-electron chi connectivity index (χ0n) is 10.7. The monoisotopic (exact) mass is 259 g/mol.